The van der Waals surface area contributed by atoms with Gasteiger partial charge in [-0.2, -0.15) is 0 Å². The monoisotopic (exact) mass is 230 g/mol. The third-order valence-corrected chi connectivity index (χ3v) is 5.12. The first kappa shape index (κ1) is 12.2. The third kappa shape index (κ3) is 5.48. The molecule has 0 aromatic heterocycles. The molecule has 1 fully saturated rings. The average molecular weight is 231 g/mol. The molecule has 0 heterocycles. The fourth-order valence-electron chi connectivity index (χ4n) is 1.98. The van der Waals surface area contributed by atoms with E-state index >= 15 is 0 Å². The molecule has 1 saturated carbocycles. The lowest BCUT2D eigenvalue weighted by Gasteiger charge is -2.05. The van der Waals surface area contributed by atoms with Crippen LogP contribution in [0.3, 0.4) is 0 Å². The minimum Gasteiger partial charge on any atom is -0.146 e. The van der Waals surface area contributed by atoms with Crippen molar-refractivity contribution in [1.82, 2.24) is 0 Å². The number of rotatable bonds is 4. The van der Waals surface area contributed by atoms with Gasteiger partial charge in [0.25, 0.3) is 0 Å². The normalized spacial score (nSPS) is 17.5. The van der Waals surface area contributed by atoms with E-state index in [4.69, 9.17) is 0 Å². The van der Waals surface area contributed by atoms with Crippen molar-refractivity contribution < 1.29 is 0 Å². The summed E-state index contributed by atoms with van der Waals surface area (Å²) in [6, 6.07) is 0. The van der Waals surface area contributed by atoms with Gasteiger partial charge in [0.05, 0.1) is 0 Å². The van der Waals surface area contributed by atoms with E-state index in [0.29, 0.717) is 20.4 Å². The first-order valence-corrected chi connectivity index (χ1v) is 6.93. The summed E-state index contributed by atoms with van der Waals surface area (Å²) in [5.74, 6) is 1.18. The molecule has 0 saturated heterocycles. The molecule has 1 rings (SSSR count). The molecule has 0 aliphatic heterocycles. The van der Waals surface area contributed by atoms with E-state index in [-0.39, 0.29) is 17.0 Å². The van der Waals surface area contributed by atoms with Gasteiger partial charge in [0.15, 0.2) is 0 Å². The Balaban J connectivity index is 0.000001000. The smallest absolute Gasteiger partial charge is 0.146 e. The van der Waals surface area contributed by atoms with Gasteiger partial charge in [-0.15, -0.1) is 26.1 Å². The fraction of sp³-hybridized carbons (Fsp3) is 1.00. The van der Waals surface area contributed by atoms with Crippen LogP contribution in [0.25, 0.3) is 0 Å². The number of halogens is 1. The highest BCUT2D eigenvalue weighted by atomic mass is 79.9. The van der Waals surface area contributed by atoms with Crippen molar-refractivity contribution in [2.45, 2.75) is 48.1 Å². The summed E-state index contributed by atoms with van der Waals surface area (Å²) in [4.78, 5) is 0. The molecule has 1 aliphatic rings. The van der Waals surface area contributed by atoms with Crippen LogP contribution in [0.15, 0.2) is 0 Å². The predicted molar refractivity (Wildman–Crippen MR) is 57.9 cm³/mol. The zero-order valence-electron chi connectivity index (χ0n) is 7.64. The van der Waals surface area contributed by atoms with Crippen LogP contribution < -0.4 is 0 Å². The van der Waals surface area contributed by atoms with Crippen LogP contribution in [0.2, 0.25) is 9.10 Å². The molecule has 0 radical (unpaired) electrons. The van der Waals surface area contributed by atoms with Crippen LogP contribution in [0.4, 0.5) is 0 Å². The summed E-state index contributed by atoms with van der Waals surface area (Å²) >= 11 is 0.382. The summed E-state index contributed by atoms with van der Waals surface area (Å²) in [7, 11) is 0. The van der Waals surface area contributed by atoms with Crippen LogP contribution in [0.5, 0.6) is 0 Å². The van der Waals surface area contributed by atoms with Crippen molar-refractivity contribution in [3.63, 3.8) is 0 Å². The molecule has 0 amide bonds. The van der Waals surface area contributed by atoms with Gasteiger partial charge in [-0.05, 0) is 0 Å². The summed E-state index contributed by atoms with van der Waals surface area (Å²) in [6.07, 6.45) is 7.64. The van der Waals surface area contributed by atoms with E-state index < -0.39 is 0 Å². The molecule has 0 unspecified atom stereocenters. The lowest BCUT2D eigenvalue weighted by atomic mass is 10.1. The van der Waals surface area contributed by atoms with Crippen molar-refractivity contribution in [1.29, 1.82) is 0 Å². The Morgan fingerprint density at radius 2 is 1.91 bits per heavy atom. The lowest BCUT2D eigenvalue weighted by Crippen LogP contribution is -1.98. The van der Waals surface area contributed by atoms with Crippen LogP contribution in [0, 0.1) is 5.92 Å². The fourth-order valence-corrected chi connectivity index (χ4v) is 3.93. The SMILES string of the molecule is Br.CC[CH2][Mg][CH2]C1CCCC1. The van der Waals surface area contributed by atoms with Crippen molar-refractivity contribution >= 4 is 37.3 Å². The minimum atomic E-state index is 0. The number of hydrogen-bond donors (Lipinski definition) is 0. The third-order valence-electron chi connectivity index (χ3n) is 2.69. The second-order valence-corrected chi connectivity index (χ2v) is 5.64. The van der Waals surface area contributed by atoms with Crippen molar-refractivity contribution in [3.05, 3.63) is 0 Å². The van der Waals surface area contributed by atoms with E-state index in [1.165, 1.54) is 25.2 Å². The van der Waals surface area contributed by atoms with Gasteiger partial charge < -0.3 is 0 Å². The Bertz CT molecular complexity index is 79.6. The van der Waals surface area contributed by atoms with Gasteiger partial charge in [-0.3, -0.25) is 0 Å². The highest BCUT2D eigenvalue weighted by Gasteiger charge is 2.14. The average Bonchev–Trinajstić information content (AvgIpc) is 2.41. The second kappa shape index (κ2) is 7.87. The summed E-state index contributed by atoms with van der Waals surface area (Å²) in [5.41, 5.74) is 0. The molecule has 0 atom stereocenters. The maximum Gasteiger partial charge on any atom is 0.364 e. The molecule has 64 valence electrons. The lowest BCUT2D eigenvalue weighted by molar-refractivity contribution is 0.607. The molecule has 0 spiro atoms. The molecular formula is C9H19BrMg. The zero-order chi connectivity index (χ0) is 7.23. The maximum absolute atomic E-state index is 2.32. The Morgan fingerprint density at radius 3 is 2.45 bits per heavy atom. The molecule has 2 heteroatoms. The van der Waals surface area contributed by atoms with Crippen LogP contribution in [-0.4, -0.2) is 20.4 Å². The Kier molecular flexibility index (Phi) is 8.76. The molecule has 0 aromatic rings. The molecule has 0 bridgehead atoms. The topological polar surface area (TPSA) is 0 Å². The van der Waals surface area contributed by atoms with Gasteiger partial charge >= 0.3 is 20.4 Å². The number of hydrogen-bond acceptors (Lipinski definition) is 0. The standard InChI is InChI=1S/C6H11.C3H7.BrH.Mg/c1-6-4-2-3-5-6;1-3-2;;/h6H,1-5H2;1,3H2,2H3;1H;. The van der Waals surface area contributed by atoms with Gasteiger partial charge in [0.2, 0.25) is 0 Å². The Labute approximate surface area is 91.0 Å². The predicted octanol–water partition coefficient (Wildman–Crippen LogP) is 3.71. The molecule has 11 heavy (non-hydrogen) atoms. The van der Waals surface area contributed by atoms with Crippen molar-refractivity contribution in [2.75, 3.05) is 0 Å². The highest BCUT2D eigenvalue weighted by molar-refractivity contribution is 8.93. The Morgan fingerprint density at radius 1 is 1.27 bits per heavy atom. The van der Waals surface area contributed by atoms with Crippen LogP contribution in [-0.2, 0) is 0 Å². The first-order chi connectivity index (χ1) is 4.93. The van der Waals surface area contributed by atoms with Gasteiger partial charge in [0, 0.05) is 0 Å². The van der Waals surface area contributed by atoms with Gasteiger partial charge in [-0.1, -0.05) is 44.9 Å². The van der Waals surface area contributed by atoms with E-state index in [0.717, 1.165) is 0 Å². The van der Waals surface area contributed by atoms with Crippen LogP contribution in [0.1, 0.15) is 39.0 Å². The van der Waals surface area contributed by atoms with E-state index in [9.17, 15) is 0 Å². The zero-order valence-corrected chi connectivity index (χ0v) is 10.8. The largest absolute Gasteiger partial charge is 0.364 e. The Hall–Kier alpha value is 1.25. The molecule has 0 N–H and O–H groups in total. The van der Waals surface area contributed by atoms with Crippen molar-refractivity contribution in [2.24, 2.45) is 5.92 Å². The maximum atomic E-state index is 2.32. The molecule has 0 nitrogen and oxygen atoms in total. The summed E-state index contributed by atoms with van der Waals surface area (Å²) < 4.78 is 3.25. The molecule has 1 aliphatic carbocycles. The summed E-state index contributed by atoms with van der Waals surface area (Å²) in [6.45, 7) is 2.32. The van der Waals surface area contributed by atoms with Crippen LogP contribution >= 0.6 is 17.0 Å². The summed E-state index contributed by atoms with van der Waals surface area (Å²) in [5, 5.41) is 0. The van der Waals surface area contributed by atoms with Gasteiger partial charge in [0.1, 0.15) is 0 Å². The molecular weight excluding hydrogens is 212 g/mol. The van der Waals surface area contributed by atoms with E-state index in [2.05, 4.69) is 6.92 Å². The quantitative estimate of drug-likeness (QED) is 0.511. The minimum absolute atomic E-state index is 0. The second-order valence-electron chi connectivity index (χ2n) is 3.65. The first-order valence-electron chi connectivity index (χ1n) is 4.93. The van der Waals surface area contributed by atoms with Crippen molar-refractivity contribution in [3.8, 4) is 0 Å². The van der Waals surface area contributed by atoms with E-state index in [1.54, 1.807) is 21.9 Å². The highest BCUT2D eigenvalue weighted by Crippen LogP contribution is 2.27. The van der Waals surface area contributed by atoms with E-state index in [1.807, 2.05) is 0 Å². The molecule has 0 aromatic carbocycles. The van der Waals surface area contributed by atoms with Gasteiger partial charge in [-0.25, -0.2) is 0 Å².